The molecule has 0 spiro atoms. The Morgan fingerprint density at radius 3 is 2.85 bits per heavy atom. The van der Waals surface area contributed by atoms with Gasteiger partial charge in [-0.15, -0.1) is 0 Å². The quantitative estimate of drug-likeness (QED) is 0.836. The van der Waals surface area contributed by atoms with Gasteiger partial charge < -0.3 is 10.6 Å². The van der Waals surface area contributed by atoms with E-state index in [1.165, 1.54) is 16.7 Å². The normalized spacial score (nSPS) is 20.3. The number of hydrogen-bond donors (Lipinski definition) is 1. The fourth-order valence-corrected chi connectivity index (χ4v) is 4.16. The van der Waals surface area contributed by atoms with Gasteiger partial charge >= 0.3 is 0 Å². The Morgan fingerprint density at radius 2 is 2.12 bits per heavy atom. The molecule has 3 rings (SSSR count). The molecule has 1 aromatic rings. The molecule has 0 saturated carbocycles. The van der Waals surface area contributed by atoms with E-state index < -0.39 is 0 Å². The second kappa shape index (κ2) is 8.09. The third-order valence-electron chi connectivity index (χ3n) is 4.38. The predicted molar refractivity (Wildman–Crippen MR) is 102 cm³/mol. The van der Waals surface area contributed by atoms with Gasteiger partial charge in [0, 0.05) is 13.1 Å². The molecule has 138 valence electrons. The molecule has 3 amide bonds. The first-order valence-electron chi connectivity index (χ1n) is 8.29. The molecule has 2 aliphatic rings. The second-order valence-corrected chi connectivity index (χ2v) is 7.50. The first-order valence-corrected chi connectivity index (χ1v) is 9.65. The molecule has 2 aliphatic heterocycles. The van der Waals surface area contributed by atoms with Gasteiger partial charge in [0.1, 0.15) is 6.54 Å². The average molecular weight is 395 g/mol. The van der Waals surface area contributed by atoms with Crippen molar-refractivity contribution in [1.29, 1.82) is 0 Å². The zero-order chi connectivity index (χ0) is 18.7. The molecule has 0 aromatic heterocycles. The number of benzene rings is 1. The van der Waals surface area contributed by atoms with Crippen LogP contribution in [0.1, 0.15) is 12.8 Å². The number of carbonyl (C=O) groups excluding carboxylic acids is 3. The summed E-state index contributed by atoms with van der Waals surface area (Å²) in [7, 11) is 0. The summed E-state index contributed by atoms with van der Waals surface area (Å²) in [6.45, 7) is 1.01. The van der Waals surface area contributed by atoms with Crippen LogP contribution in [0.15, 0.2) is 29.3 Å². The number of carbonyl (C=O) groups is 3. The molecule has 0 radical (unpaired) electrons. The number of primary amides is 1. The zero-order valence-electron chi connectivity index (χ0n) is 14.1. The van der Waals surface area contributed by atoms with E-state index in [2.05, 4.69) is 4.99 Å². The standard InChI is InChI=1S/C17H19ClN4O3S/c18-12-5-1-2-6-13(12)22-14(23)8-20-17(22)26-10-15(24)21-7-3-4-11(9-21)16(19)25/h1-2,5-6,11H,3-4,7-10H2,(H2,19,25)/t11-/m1/s1. The first kappa shape index (κ1) is 18.7. The van der Waals surface area contributed by atoms with Gasteiger partial charge in [0.15, 0.2) is 5.17 Å². The maximum Gasteiger partial charge on any atom is 0.254 e. The van der Waals surface area contributed by atoms with E-state index in [9.17, 15) is 14.4 Å². The van der Waals surface area contributed by atoms with E-state index in [0.717, 1.165) is 6.42 Å². The number of thioether (sulfide) groups is 1. The lowest BCUT2D eigenvalue weighted by Crippen LogP contribution is -2.45. The third kappa shape index (κ3) is 4.02. The van der Waals surface area contributed by atoms with Crippen molar-refractivity contribution in [3.05, 3.63) is 29.3 Å². The van der Waals surface area contributed by atoms with Crippen LogP contribution in [-0.4, -0.2) is 53.2 Å². The van der Waals surface area contributed by atoms with E-state index in [1.54, 1.807) is 29.2 Å². The van der Waals surface area contributed by atoms with Crippen molar-refractivity contribution in [2.75, 3.05) is 30.3 Å². The number of aliphatic imine (C=N–C) groups is 1. The van der Waals surface area contributed by atoms with Crippen molar-refractivity contribution in [2.45, 2.75) is 12.8 Å². The summed E-state index contributed by atoms with van der Waals surface area (Å²) in [6, 6.07) is 7.02. The Labute approximate surface area is 160 Å². The van der Waals surface area contributed by atoms with Crippen LogP contribution in [0.2, 0.25) is 5.02 Å². The number of halogens is 1. The SMILES string of the molecule is NC(=O)[C@@H]1CCCN(C(=O)CSC2=NCC(=O)N2c2ccccc2Cl)C1. The number of likely N-dealkylation sites (tertiary alicyclic amines) is 1. The van der Waals surface area contributed by atoms with E-state index in [4.69, 9.17) is 17.3 Å². The van der Waals surface area contributed by atoms with Gasteiger partial charge in [-0.05, 0) is 25.0 Å². The maximum atomic E-state index is 12.5. The molecule has 1 aromatic carbocycles. The summed E-state index contributed by atoms with van der Waals surface area (Å²) in [5, 5.41) is 0.905. The maximum absolute atomic E-state index is 12.5. The number of nitrogens with zero attached hydrogens (tertiary/aromatic N) is 3. The zero-order valence-corrected chi connectivity index (χ0v) is 15.6. The molecule has 2 N–H and O–H groups in total. The molecule has 1 saturated heterocycles. The number of amides is 3. The summed E-state index contributed by atoms with van der Waals surface area (Å²) >= 11 is 7.39. The highest BCUT2D eigenvalue weighted by atomic mass is 35.5. The molecule has 1 atom stereocenters. The van der Waals surface area contributed by atoms with E-state index >= 15 is 0 Å². The van der Waals surface area contributed by atoms with Crippen LogP contribution in [0.3, 0.4) is 0 Å². The van der Waals surface area contributed by atoms with Crippen molar-refractivity contribution in [2.24, 2.45) is 16.6 Å². The van der Waals surface area contributed by atoms with Crippen molar-refractivity contribution < 1.29 is 14.4 Å². The fourth-order valence-electron chi connectivity index (χ4n) is 3.02. The highest BCUT2D eigenvalue weighted by Crippen LogP contribution is 2.30. The van der Waals surface area contributed by atoms with E-state index in [0.29, 0.717) is 35.4 Å². The van der Waals surface area contributed by atoms with Crippen LogP contribution in [-0.2, 0) is 14.4 Å². The van der Waals surface area contributed by atoms with Gasteiger partial charge in [0.05, 0.1) is 22.4 Å². The summed E-state index contributed by atoms with van der Waals surface area (Å²) in [4.78, 5) is 43.4. The summed E-state index contributed by atoms with van der Waals surface area (Å²) in [5.41, 5.74) is 5.91. The van der Waals surface area contributed by atoms with Crippen molar-refractivity contribution in [3.63, 3.8) is 0 Å². The number of anilines is 1. The Bertz CT molecular complexity index is 770. The topological polar surface area (TPSA) is 96.1 Å². The number of amidine groups is 1. The van der Waals surface area contributed by atoms with E-state index in [1.807, 2.05) is 0 Å². The molecule has 1 fully saturated rings. The number of para-hydroxylation sites is 1. The van der Waals surface area contributed by atoms with Crippen LogP contribution in [0, 0.1) is 5.92 Å². The Kier molecular flexibility index (Phi) is 5.83. The minimum Gasteiger partial charge on any atom is -0.369 e. The predicted octanol–water partition coefficient (Wildman–Crippen LogP) is 1.50. The summed E-state index contributed by atoms with van der Waals surface area (Å²) < 4.78 is 0. The molecular weight excluding hydrogens is 376 g/mol. The van der Waals surface area contributed by atoms with Gasteiger partial charge in [0.25, 0.3) is 5.91 Å². The van der Waals surface area contributed by atoms with Crippen molar-refractivity contribution in [1.82, 2.24) is 4.90 Å². The van der Waals surface area contributed by atoms with Gasteiger partial charge in [-0.1, -0.05) is 35.5 Å². The lowest BCUT2D eigenvalue weighted by molar-refractivity contribution is -0.132. The monoisotopic (exact) mass is 394 g/mol. The number of nitrogens with two attached hydrogens (primary N) is 1. The molecule has 7 nitrogen and oxygen atoms in total. The van der Waals surface area contributed by atoms with Crippen LogP contribution in [0.5, 0.6) is 0 Å². The Morgan fingerprint density at radius 1 is 1.35 bits per heavy atom. The summed E-state index contributed by atoms with van der Waals surface area (Å²) in [5.74, 6) is -0.797. The van der Waals surface area contributed by atoms with Crippen LogP contribution >= 0.6 is 23.4 Å². The van der Waals surface area contributed by atoms with Crippen LogP contribution in [0.25, 0.3) is 0 Å². The highest BCUT2D eigenvalue weighted by Gasteiger charge is 2.31. The smallest absolute Gasteiger partial charge is 0.254 e. The third-order valence-corrected chi connectivity index (χ3v) is 5.67. The fraction of sp³-hybridized carbons (Fsp3) is 0.412. The van der Waals surface area contributed by atoms with Crippen molar-refractivity contribution in [3.8, 4) is 0 Å². The first-order chi connectivity index (χ1) is 12.5. The Hall–Kier alpha value is -2.06. The Balaban J connectivity index is 1.63. The molecule has 0 bridgehead atoms. The molecule has 0 aliphatic carbocycles. The number of piperidine rings is 1. The molecular formula is C17H19ClN4O3S. The van der Waals surface area contributed by atoms with Gasteiger partial charge in [-0.2, -0.15) is 0 Å². The highest BCUT2D eigenvalue weighted by molar-refractivity contribution is 8.14. The molecule has 2 heterocycles. The molecule has 0 unspecified atom stereocenters. The number of rotatable bonds is 4. The lowest BCUT2D eigenvalue weighted by atomic mass is 9.97. The van der Waals surface area contributed by atoms with Gasteiger partial charge in [0.2, 0.25) is 11.8 Å². The van der Waals surface area contributed by atoms with Crippen LogP contribution < -0.4 is 10.6 Å². The lowest BCUT2D eigenvalue weighted by Gasteiger charge is -2.31. The molecule has 9 heteroatoms. The van der Waals surface area contributed by atoms with Gasteiger partial charge in [-0.3, -0.25) is 24.3 Å². The van der Waals surface area contributed by atoms with E-state index in [-0.39, 0.29) is 35.9 Å². The largest absolute Gasteiger partial charge is 0.369 e. The minimum atomic E-state index is -0.370. The number of hydrogen-bond acceptors (Lipinski definition) is 5. The average Bonchev–Trinajstić information content (AvgIpc) is 3.00. The molecule has 26 heavy (non-hydrogen) atoms. The minimum absolute atomic E-state index is 0.0369. The summed E-state index contributed by atoms with van der Waals surface area (Å²) in [6.07, 6.45) is 1.48. The van der Waals surface area contributed by atoms with Crippen LogP contribution in [0.4, 0.5) is 5.69 Å². The second-order valence-electron chi connectivity index (χ2n) is 6.15. The van der Waals surface area contributed by atoms with Crippen molar-refractivity contribution >= 4 is 51.9 Å². The van der Waals surface area contributed by atoms with Gasteiger partial charge in [-0.25, -0.2) is 0 Å².